The highest BCUT2D eigenvalue weighted by Crippen LogP contribution is 2.28. The van der Waals surface area contributed by atoms with Crippen molar-refractivity contribution >= 4 is 11.9 Å². The van der Waals surface area contributed by atoms with Crippen molar-refractivity contribution in [1.82, 2.24) is 15.5 Å². The minimum Gasteiger partial charge on any atom is -0.493 e. The quantitative estimate of drug-likeness (QED) is 0.755. The summed E-state index contributed by atoms with van der Waals surface area (Å²) in [6, 6.07) is 5.70. The van der Waals surface area contributed by atoms with Crippen molar-refractivity contribution in [3.63, 3.8) is 0 Å². The number of carbonyl (C=O) groups is 2. The van der Waals surface area contributed by atoms with Gasteiger partial charge >= 0.3 is 6.03 Å². The first kappa shape index (κ1) is 17.9. The zero-order chi connectivity index (χ0) is 17.5. The number of methoxy groups -OCH3 is 2. The molecule has 0 aromatic heterocycles. The van der Waals surface area contributed by atoms with Gasteiger partial charge in [-0.15, -0.1) is 0 Å². The van der Waals surface area contributed by atoms with Gasteiger partial charge in [0.25, 0.3) is 0 Å². The molecule has 0 heterocycles. The minimum absolute atomic E-state index is 0.0471. The van der Waals surface area contributed by atoms with Crippen molar-refractivity contribution in [2.75, 3.05) is 27.3 Å². The topological polar surface area (TPSA) is 79.9 Å². The number of amides is 3. The maximum Gasteiger partial charge on any atom is 0.315 e. The van der Waals surface area contributed by atoms with Crippen molar-refractivity contribution < 1.29 is 19.1 Å². The van der Waals surface area contributed by atoms with Crippen molar-refractivity contribution in [2.24, 2.45) is 0 Å². The summed E-state index contributed by atoms with van der Waals surface area (Å²) in [6.07, 6.45) is 2.10. The van der Waals surface area contributed by atoms with E-state index in [1.807, 2.05) is 18.2 Å². The van der Waals surface area contributed by atoms with E-state index in [-0.39, 0.29) is 11.9 Å². The van der Waals surface area contributed by atoms with Gasteiger partial charge in [0, 0.05) is 32.6 Å². The van der Waals surface area contributed by atoms with E-state index in [4.69, 9.17) is 9.47 Å². The molecule has 2 N–H and O–H groups in total. The van der Waals surface area contributed by atoms with E-state index in [1.54, 1.807) is 19.1 Å². The molecule has 1 aliphatic rings. The van der Waals surface area contributed by atoms with Crippen LogP contribution in [0.1, 0.15) is 25.3 Å². The van der Waals surface area contributed by atoms with Crippen LogP contribution in [0.15, 0.2) is 18.2 Å². The lowest BCUT2D eigenvalue weighted by Gasteiger charge is -2.22. The van der Waals surface area contributed by atoms with Gasteiger partial charge in [-0.1, -0.05) is 6.07 Å². The van der Waals surface area contributed by atoms with Crippen molar-refractivity contribution in [2.45, 2.75) is 32.4 Å². The summed E-state index contributed by atoms with van der Waals surface area (Å²) in [5.74, 6) is 1.23. The number of hydrogen-bond acceptors (Lipinski definition) is 4. The molecule has 132 valence electrons. The van der Waals surface area contributed by atoms with E-state index in [1.165, 1.54) is 6.92 Å². The monoisotopic (exact) mass is 335 g/mol. The first-order chi connectivity index (χ1) is 11.5. The number of ether oxygens (including phenoxy) is 2. The van der Waals surface area contributed by atoms with E-state index < -0.39 is 0 Å². The van der Waals surface area contributed by atoms with Gasteiger partial charge < -0.3 is 25.0 Å². The van der Waals surface area contributed by atoms with E-state index in [2.05, 4.69) is 10.6 Å². The standard InChI is InChI=1S/C17H25N3O4/c1-12(21)20(9-8-18-17(22)19-14-5-6-14)11-13-4-7-15(23-2)16(10-13)24-3/h4,7,10,14H,5-6,8-9,11H2,1-3H3,(H2,18,19,22). The summed E-state index contributed by atoms with van der Waals surface area (Å²) < 4.78 is 10.5. The van der Waals surface area contributed by atoms with Crippen LogP contribution in [-0.2, 0) is 11.3 Å². The summed E-state index contributed by atoms with van der Waals surface area (Å²) in [7, 11) is 3.16. The number of urea groups is 1. The van der Waals surface area contributed by atoms with E-state index >= 15 is 0 Å². The predicted molar refractivity (Wildman–Crippen MR) is 90.2 cm³/mol. The minimum atomic E-state index is -0.174. The summed E-state index contributed by atoms with van der Waals surface area (Å²) >= 11 is 0. The molecule has 0 aliphatic heterocycles. The Morgan fingerprint density at radius 2 is 1.92 bits per heavy atom. The third-order valence-corrected chi connectivity index (χ3v) is 3.85. The highest BCUT2D eigenvalue weighted by atomic mass is 16.5. The van der Waals surface area contributed by atoms with Gasteiger partial charge in [0.2, 0.25) is 5.91 Å². The van der Waals surface area contributed by atoms with Crippen LogP contribution in [-0.4, -0.2) is 50.2 Å². The zero-order valence-electron chi connectivity index (χ0n) is 14.4. The average Bonchev–Trinajstić information content (AvgIpc) is 3.37. The molecule has 7 nitrogen and oxygen atoms in total. The fourth-order valence-corrected chi connectivity index (χ4v) is 2.32. The Morgan fingerprint density at radius 3 is 2.50 bits per heavy atom. The van der Waals surface area contributed by atoms with Crippen LogP contribution >= 0.6 is 0 Å². The molecule has 0 unspecified atom stereocenters. The van der Waals surface area contributed by atoms with Crippen molar-refractivity contribution in [3.05, 3.63) is 23.8 Å². The second-order valence-electron chi connectivity index (χ2n) is 5.80. The van der Waals surface area contributed by atoms with Crippen LogP contribution in [0.4, 0.5) is 4.79 Å². The molecule has 0 bridgehead atoms. The molecule has 3 amide bonds. The summed E-state index contributed by atoms with van der Waals surface area (Å²) in [4.78, 5) is 25.1. The number of nitrogens with one attached hydrogen (secondary N) is 2. The van der Waals surface area contributed by atoms with Crippen LogP contribution in [0.25, 0.3) is 0 Å². The number of benzene rings is 1. The fourth-order valence-electron chi connectivity index (χ4n) is 2.32. The number of hydrogen-bond donors (Lipinski definition) is 2. The molecule has 1 aromatic rings. The lowest BCUT2D eigenvalue weighted by molar-refractivity contribution is -0.129. The molecule has 0 radical (unpaired) electrons. The van der Waals surface area contributed by atoms with E-state index in [9.17, 15) is 9.59 Å². The molecular formula is C17H25N3O4. The Labute approximate surface area is 142 Å². The van der Waals surface area contributed by atoms with Crippen LogP contribution in [0, 0.1) is 0 Å². The molecule has 2 rings (SSSR count). The summed E-state index contributed by atoms with van der Waals surface area (Å²) in [5.41, 5.74) is 0.935. The third kappa shape index (κ3) is 5.33. The zero-order valence-corrected chi connectivity index (χ0v) is 14.4. The Morgan fingerprint density at radius 1 is 1.21 bits per heavy atom. The molecule has 24 heavy (non-hydrogen) atoms. The Balaban J connectivity index is 1.88. The number of rotatable bonds is 8. The smallest absolute Gasteiger partial charge is 0.315 e. The second-order valence-corrected chi connectivity index (χ2v) is 5.80. The highest BCUT2D eigenvalue weighted by molar-refractivity contribution is 5.75. The average molecular weight is 335 g/mol. The van der Waals surface area contributed by atoms with Gasteiger partial charge in [-0.3, -0.25) is 4.79 Å². The first-order valence-corrected chi connectivity index (χ1v) is 8.04. The summed E-state index contributed by atoms with van der Waals surface area (Å²) in [6.45, 7) is 2.82. The van der Waals surface area contributed by atoms with Gasteiger partial charge in [-0.25, -0.2) is 4.79 Å². The molecule has 1 aliphatic carbocycles. The van der Waals surface area contributed by atoms with Gasteiger partial charge in [0.05, 0.1) is 14.2 Å². The second kappa shape index (κ2) is 8.42. The molecule has 1 saturated carbocycles. The van der Waals surface area contributed by atoms with Gasteiger partial charge in [-0.2, -0.15) is 0 Å². The van der Waals surface area contributed by atoms with Gasteiger partial charge in [-0.05, 0) is 30.5 Å². The lowest BCUT2D eigenvalue weighted by Crippen LogP contribution is -2.42. The molecule has 0 spiro atoms. The molecule has 0 saturated heterocycles. The van der Waals surface area contributed by atoms with E-state index in [0.29, 0.717) is 37.2 Å². The van der Waals surface area contributed by atoms with Gasteiger partial charge in [0.15, 0.2) is 11.5 Å². The SMILES string of the molecule is COc1ccc(CN(CCNC(=O)NC2CC2)C(C)=O)cc1OC. The van der Waals surface area contributed by atoms with Gasteiger partial charge in [0.1, 0.15) is 0 Å². The molecule has 0 atom stereocenters. The number of carbonyl (C=O) groups excluding carboxylic acids is 2. The molecule has 7 heteroatoms. The Hall–Kier alpha value is -2.44. The predicted octanol–water partition coefficient (Wildman–Crippen LogP) is 1.51. The van der Waals surface area contributed by atoms with Crippen LogP contribution in [0.5, 0.6) is 11.5 Å². The van der Waals surface area contributed by atoms with Crippen LogP contribution < -0.4 is 20.1 Å². The van der Waals surface area contributed by atoms with Crippen molar-refractivity contribution in [3.8, 4) is 11.5 Å². The van der Waals surface area contributed by atoms with Crippen LogP contribution in [0.2, 0.25) is 0 Å². The molecular weight excluding hydrogens is 310 g/mol. The van der Waals surface area contributed by atoms with Crippen LogP contribution in [0.3, 0.4) is 0 Å². The highest BCUT2D eigenvalue weighted by Gasteiger charge is 2.23. The van der Waals surface area contributed by atoms with Crippen molar-refractivity contribution in [1.29, 1.82) is 0 Å². The largest absolute Gasteiger partial charge is 0.493 e. The Bertz CT molecular complexity index is 587. The molecule has 1 aromatic carbocycles. The maximum atomic E-state index is 11.8. The maximum absolute atomic E-state index is 11.8. The third-order valence-electron chi connectivity index (χ3n) is 3.85. The lowest BCUT2D eigenvalue weighted by atomic mass is 10.2. The first-order valence-electron chi connectivity index (χ1n) is 8.04. The molecule has 1 fully saturated rings. The fraction of sp³-hybridized carbons (Fsp3) is 0.529. The normalized spacial score (nSPS) is 13.1. The number of nitrogens with zero attached hydrogens (tertiary/aromatic N) is 1. The summed E-state index contributed by atoms with van der Waals surface area (Å²) in [5, 5.41) is 5.63. The Kier molecular flexibility index (Phi) is 6.28. The van der Waals surface area contributed by atoms with E-state index in [0.717, 1.165) is 18.4 Å².